The lowest BCUT2D eigenvalue weighted by Crippen LogP contribution is -2.56. The van der Waals surface area contributed by atoms with Crippen LogP contribution in [0.2, 0.25) is 5.15 Å². The molecule has 0 radical (unpaired) electrons. The van der Waals surface area contributed by atoms with Crippen molar-refractivity contribution >= 4 is 29.2 Å². The number of piperazine rings is 1. The summed E-state index contributed by atoms with van der Waals surface area (Å²) < 4.78 is 23.3. The van der Waals surface area contributed by atoms with E-state index in [4.69, 9.17) is 35.5 Å². The van der Waals surface area contributed by atoms with E-state index < -0.39 is 6.04 Å². The van der Waals surface area contributed by atoms with Gasteiger partial charge in [-0.05, 0) is 35.9 Å². The molecule has 6 rings (SSSR count). The number of rotatable bonds is 10. The first-order valence-corrected chi connectivity index (χ1v) is 14.7. The van der Waals surface area contributed by atoms with Crippen LogP contribution in [0.15, 0.2) is 61.2 Å². The minimum atomic E-state index is -0.395. The Morgan fingerprint density at radius 1 is 1.04 bits per heavy atom. The number of hydrogen-bond acceptors (Lipinski definition) is 10. The third-order valence-corrected chi connectivity index (χ3v) is 7.91. The minimum absolute atomic E-state index is 0.0557. The molecule has 2 amide bonds. The Morgan fingerprint density at radius 3 is 2.71 bits per heavy atom. The summed E-state index contributed by atoms with van der Waals surface area (Å²) in [6.07, 6.45) is 5.22. The minimum Gasteiger partial charge on any atom is -0.497 e. The Labute approximate surface area is 264 Å². The normalized spacial score (nSPS) is 15.6. The van der Waals surface area contributed by atoms with E-state index in [1.807, 2.05) is 29.2 Å². The zero-order valence-corrected chi connectivity index (χ0v) is 25.6. The molecular formula is C31H32ClN7O6. The van der Waals surface area contributed by atoms with Crippen molar-refractivity contribution in [2.45, 2.75) is 25.4 Å². The van der Waals surface area contributed by atoms with Crippen molar-refractivity contribution < 1.29 is 28.5 Å². The molecule has 1 atom stereocenters. The largest absolute Gasteiger partial charge is 0.497 e. The third kappa shape index (κ3) is 6.88. The summed E-state index contributed by atoms with van der Waals surface area (Å²) in [5.41, 5.74) is 1.60. The fourth-order valence-corrected chi connectivity index (χ4v) is 5.60. The van der Waals surface area contributed by atoms with Crippen LogP contribution in [-0.4, -0.2) is 82.9 Å². The fourth-order valence-electron chi connectivity index (χ4n) is 5.43. The maximum atomic E-state index is 13.5. The lowest BCUT2D eigenvalue weighted by molar-refractivity contribution is -0.132. The summed E-state index contributed by atoms with van der Waals surface area (Å²) in [4.78, 5) is 43.8. The lowest BCUT2D eigenvalue weighted by atomic mass is 10.1. The van der Waals surface area contributed by atoms with Crippen LogP contribution in [0.1, 0.15) is 17.5 Å². The average Bonchev–Trinajstić information content (AvgIpc) is 3.76. The second-order valence-electron chi connectivity index (χ2n) is 10.5. The molecule has 1 saturated heterocycles. The Balaban J connectivity index is 1.21. The van der Waals surface area contributed by atoms with Gasteiger partial charge in [0.2, 0.25) is 24.6 Å². The summed E-state index contributed by atoms with van der Waals surface area (Å²) in [5.74, 6) is 3.23. The number of carbonyl (C=O) groups is 2. The highest BCUT2D eigenvalue weighted by Gasteiger charge is 2.33. The summed E-state index contributed by atoms with van der Waals surface area (Å²) in [5, 5.41) is 3.24. The number of aromatic nitrogens is 4. The van der Waals surface area contributed by atoms with Gasteiger partial charge >= 0.3 is 0 Å². The predicted molar refractivity (Wildman–Crippen MR) is 164 cm³/mol. The Kier molecular flexibility index (Phi) is 8.87. The van der Waals surface area contributed by atoms with E-state index >= 15 is 0 Å². The van der Waals surface area contributed by atoms with Gasteiger partial charge in [-0.2, -0.15) is 4.98 Å². The van der Waals surface area contributed by atoms with Crippen LogP contribution in [0.25, 0.3) is 5.95 Å². The van der Waals surface area contributed by atoms with E-state index in [1.165, 1.54) is 0 Å². The first-order valence-electron chi connectivity index (χ1n) is 14.3. The number of ether oxygens (including phenoxy) is 4. The SMILES string of the molecule is COc1ccc(OC)c(CNC(=O)CC2CN(C(=O)Cc3ccc4c(c3)OCO4)CCN2c2cc(Cl)nc(-n3ccnc3)n2)c1. The molecule has 4 heterocycles. The topological polar surface area (TPSA) is 133 Å². The number of amides is 2. The van der Waals surface area contributed by atoms with Gasteiger partial charge in [-0.1, -0.05) is 17.7 Å². The van der Waals surface area contributed by atoms with Crippen LogP contribution >= 0.6 is 11.6 Å². The molecule has 2 aliphatic rings. The molecular weight excluding hydrogens is 602 g/mol. The highest BCUT2D eigenvalue weighted by Crippen LogP contribution is 2.33. The number of fused-ring (bicyclic) bond motifs is 1. The van der Waals surface area contributed by atoms with Gasteiger partial charge in [-0.3, -0.25) is 14.2 Å². The van der Waals surface area contributed by atoms with E-state index in [1.54, 1.807) is 60.6 Å². The van der Waals surface area contributed by atoms with Gasteiger partial charge in [0.15, 0.2) is 11.5 Å². The van der Waals surface area contributed by atoms with Gasteiger partial charge < -0.3 is 34.1 Å². The average molecular weight is 634 g/mol. The van der Waals surface area contributed by atoms with E-state index in [2.05, 4.69) is 15.3 Å². The number of nitrogens with one attached hydrogen (secondary N) is 1. The molecule has 2 aromatic heterocycles. The molecule has 0 bridgehead atoms. The Morgan fingerprint density at radius 2 is 1.91 bits per heavy atom. The van der Waals surface area contributed by atoms with Gasteiger partial charge in [-0.25, -0.2) is 9.97 Å². The van der Waals surface area contributed by atoms with Crippen molar-refractivity contribution in [1.29, 1.82) is 0 Å². The maximum Gasteiger partial charge on any atom is 0.238 e. The Hall–Kier alpha value is -5.04. The quantitative estimate of drug-likeness (QED) is 0.260. The molecule has 45 heavy (non-hydrogen) atoms. The molecule has 0 saturated carbocycles. The van der Waals surface area contributed by atoms with Gasteiger partial charge in [0.05, 0.1) is 26.7 Å². The molecule has 0 aliphatic carbocycles. The van der Waals surface area contributed by atoms with Crippen LogP contribution in [0.5, 0.6) is 23.0 Å². The molecule has 234 valence electrons. The molecule has 2 aliphatic heterocycles. The second kappa shape index (κ2) is 13.3. The zero-order chi connectivity index (χ0) is 31.3. The highest BCUT2D eigenvalue weighted by molar-refractivity contribution is 6.29. The first kappa shape index (κ1) is 30.0. The summed E-state index contributed by atoms with van der Waals surface area (Å²) in [6, 6.07) is 12.2. The zero-order valence-electron chi connectivity index (χ0n) is 24.8. The van der Waals surface area contributed by atoms with Crippen molar-refractivity contribution in [2.24, 2.45) is 0 Å². The lowest BCUT2D eigenvalue weighted by Gasteiger charge is -2.42. The van der Waals surface area contributed by atoms with E-state index in [0.29, 0.717) is 54.4 Å². The summed E-state index contributed by atoms with van der Waals surface area (Å²) in [7, 11) is 3.16. The number of carbonyl (C=O) groups excluding carboxylic acids is 2. The number of hydrogen-bond donors (Lipinski definition) is 1. The highest BCUT2D eigenvalue weighted by atomic mass is 35.5. The van der Waals surface area contributed by atoms with Crippen LogP contribution < -0.4 is 29.2 Å². The number of methoxy groups -OCH3 is 2. The van der Waals surface area contributed by atoms with E-state index in [9.17, 15) is 9.59 Å². The van der Waals surface area contributed by atoms with Crippen molar-refractivity contribution in [3.8, 4) is 28.9 Å². The van der Waals surface area contributed by atoms with Crippen molar-refractivity contribution in [1.82, 2.24) is 29.7 Å². The molecule has 14 heteroatoms. The second-order valence-corrected chi connectivity index (χ2v) is 10.9. The van der Waals surface area contributed by atoms with Gasteiger partial charge in [0, 0.05) is 56.6 Å². The van der Waals surface area contributed by atoms with Crippen molar-refractivity contribution in [3.63, 3.8) is 0 Å². The number of imidazole rings is 1. The molecule has 2 aromatic carbocycles. The maximum absolute atomic E-state index is 13.5. The van der Waals surface area contributed by atoms with E-state index in [0.717, 1.165) is 11.1 Å². The third-order valence-electron chi connectivity index (χ3n) is 7.71. The van der Waals surface area contributed by atoms with Crippen molar-refractivity contribution in [2.75, 3.05) is 45.5 Å². The first-order chi connectivity index (χ1) is 21.9. The Bertz CT molecular complexity index is 1690. The number of halogens is 1. The predicted octanol–water partition coefficient (Wildman–Crippen LogP) is 3.03. The van der Waals surface area contributed by atoms with Crippen LogP contribution in [0, 0.1) is 0 Å². The van der Waals surface area contributed by atoms with Crippen LogP contribution in [-0.2, 0) is 22.6 Å². The van der Waals surface area contributed by atoms with Gasteiger partial charge in [0.25, 0.3) is 0 Å². The van der Waals surface area contributed by atoms with Crippen LogP contribution in [0.3, 0.4) is 0 Å². The molecule has 13 nitrogen and oxygen atoms in total. The number of anilines is 1. The van der Waals surface area contributed by atoms with Crippen LogP contribution in [0.4, 0.5) is 5.82 Å². The van der Waals surface area contributed by atoms with E-state index in [-0.39, 0.29) is 43.1 Å². The van der Waals surface area contributed by atoms with Gasteiger partial charge in [0.1, 0.15) is 28.8 Å². The molecule has 1 fully saturated rings. The monoisotopic (exact) mass is 633 g/mol. The number of benzene rings is 2. The fraction of sp³-hybridized carbons (Fsp3) is 0.323. The molecule has 1 unspecified atom stereocenters. The van der Waals surface area contributed by atoms with Crippen molar-refractivity contribution in [3.05, 3.63) is 77.5 Å². The molecule has 4 aromatic rings. The van der Waals surface area contributed by atoms with Gasteiger partial charge in [-0.15, -0.1) is 0 Å². The summed E-state index contributed by atoms with van der Waals surface area (Å²) >= 11 is 6.42. The standard InChI is InChI=1S/C31H32ClN7O6/c1-42-23-4-6-24(43-2)21(13-23)16-34-29(40)14-22-17-37(30(41)12-20-3-5-25-26(11-20)45-19-44-25)9-10-39(22)28-15-27(32)35-31(36-28)38-8-7-33-18-38/h3-8,11,13,15,18,22H,9-10,12,14,16-17,19H2,1-2H3,(H,34,40). The smallest absolute Gasteiger partial charge is 0.238 e. The molecule has 1 N–H and O–H groups in total. The number of nitrogens with zero attached hydrogens (tertiary/aromatic N) is 6. The molecule has 0 spiro atoms. The summed E-state index contributed by atoms with van der Waals surface area (Å²) in [6.45, 7) is 1.58.